The topological polar surface area (TPSA) is 99.2 Å². The lowest BCUT2D eigenvalue weighted by Crippen LogP contribution is -2.50. The van der Waals surface area contributed by atoms with Gasteiger partial charge in [-0.3, -0.25) is 14.5 Å². The summed E-state index contributed by atoms with van der Waals surface area (Å²) in [6, 6.07) is 17.4. The van der Waals surface area contributed by atoms with E-state index in [0.717, 1.165) is 12.1 Å². The Hall–Kier alpha value is -3.85. The van der Waals surface area contributed by atoms with Crippen LogP contribution in [0.25, 0.3) is 0 Å². The van der Waals surface area contributed by atoms with E-state index in [2.05, 4.69) is 18.3 Å². The summed E-state index contributed by atoms with van der Waals surface area (Å²) in [5.74, 6) is -0.299. The third-order valence-corrected chi connectivity index (χ3v) is 6.54. The number of nitrogens with zero attached hydrogens (tertiary/aromatic N) is 2. The van der Waals surface area contributed by atoms with Crippen LogP contribution in [-0.2, 0) is 21.4 Å². The lowest BCUT2D eigenvalue weighted by atomic mass is 9.64. The molecule has 1 spiro atoms. The molecule has 0 saturated heterocycles. The van der Waals surface area contributed by atoms with Crippen LogP contribution in [-0.4, -0.2) is 11.7 Å². The molecule has 1 amide bonds. The molecule has 2 aromatic rings. The summed E-state index contributed by atoms with van der Waals surface area (Å²) in [5.41, 5.74) is 9.50. The number of amides is 1. The summed E-state index contributed by atoms with van der Waals surface area (Å²) < 4.78 is 0. The number of carbonyl (C=O) groups is 2. The van der Waals surface area contributed by atoms with E-state index in [1.54, 1.807) is 17.0 Å². The third-order valence-electron chi connectivity index (χ3n) is 6.54. The second kappa shape index (κ2) is 6.85. The van der Waals surface area contributed by atoms with Crippen LogP contribution in [0.3, 0.4) is 0 Å². The van der Waals surface area contributed by atoms with E-state index in [1.807, 2.05) is 36.4 Å². The number of carbonyl (C=O) groups excluding carboxylic acids is 2. The zero-order valence-corrected chi connectivity index (χ0v) is 17.2. The first-order valence-electron chi connectivity index (χ1n) is 10.5. The van der Waals surface area contributed by atoms with Gasteiger partial charge in [-0.2, -0.15) is 5.26 Å². The number of ketones is 1. The highest BCUT2D eigenvalue weighted by Gasteiger charge is 2.59. The number of hydrogen-bond acceptors (Lipinski definition) is 5. The Labute approximate surface area is 180 Å². The summed E-state index contributed by atoms with van der Waals surface area (Å²) in [7, 11) is 0. The standard InChI is InChI=1S/C25H22N4O2/c1-2-15-10-12-16(13-11-15)29-20-8-5-9-21(30)22(20)25(18(14-26)23(29)27)17-6-3-4-7-19(17)28-24(25)31/h3-4,6-7,10-13H,2,5,8-9,27H2,1H3,(H,28,31)/t25-/m0/s1. The molecule has 0 bridgehead atoms. The van der Waals surface area contributed by atoms with Crippen molar-refractivity contribution in [2.75, 3.05) is 10.2 Å². The van der Waals surface area contributed by atoms with Crippen molar-refractivity contribution < 1.29 is 9.59 Å². The van der Waals surface area contributed by atoms with E-state index < -0.39 is 11.3 Å². The van der Waals surface area contributed by atoms with Crippen LogP contribution in [0.2, 0.25) is 0 Å². The fourth-order valence-electron chi connectivity index (χ4n) is 5.12. The van der Waals surface area contributed by atoms with E-state index in [4.69, 9.17) is 5.73 Å². The van der Waals surface area contributed by atoms with Crippen LogP contribution in [0.5, 0.6) is 0 Å². The molecule has 0 aromatic heterocycles. The van der Waals surface area contributed by atoms with Gasteiger partial charge >= 0.3 is 0 Å². The fourth-order valence-corrected chi connectivity index (χ4v) is 5.12. The Morgan fingerprint density at radius 3 is 2.58 bits per heavy atom. The second-order valence-corrected chi connectivity index (χ2v) is 8.08. The molecule has 2 aromatic carbocycles. The van der Waals surface area contributed by atoms with E-state index in [1.165, 1.54) is 5.56 Å². The first-order valence-corrected chi connectivity index (χ1v) is 10.5. The van der Waals surface area contributed by atoms with Crippen molar-refractivity contribution in [3.05, 3.63) is 82.3 Å². The highest BCUT2D eigenvalue weighted by molar-refractivity contribution is 6.19. The Kier molecular flexibility index (Phi) is 4.23. The van der Waals surface area contributed by atoms with Gasteiger partial charge < -0.3 is 11.1 Å². The highest BCUT2D eigenvalue weighted by Crippen LogP contribution is 2.54. The number of hydrogen-bond donors (Lipinski definition) is 2. The molecule has 0 radical (unpaired) electrons. The van der Waals surface area contributed by atoms with E-state index in [9.17, 15) is 14.9 Å². The molecule has 6 heteroatoms. The van der Waals surface area contributed by atoms with Crippen LogP contribution >= 0.6 is 0 Å². The molecule has 3 aliphatic rings. The number of Topliss-reactive ketones (excluding diaryl/α,β-unsaturated/α-hetero) is 1. The summed E-state index contributed by atoms with van der Waals surface area (Å²) in [4.78, 5) is 28.6. The molecular formula is C25H22N4O2. The maximum absolute atomic E-state index is 13.5. The van der Waals surface area contributed by atoms with E-state index in [-0.39, 0.29) is 17.2 Å². The van der Waals surface area contributed by atoms with E-state index >= 15 is 0 Å². The molecule has 0 unspecified atom stereocenters. The van der Waals surface area contributed by atoms with Crippen molar-refractivity contribution in [3.63, 3.8) is 0 Å². The Bertz CT molecular complexity index is 1230. The number of aryl methyl sites for hydroxylation is 1. The van der Waals surface area contributed by atoms with E-state index in [0.29, 0.717) is 41.8 Å². The second-order valence-electron chi connectivity index (χ2n) is 8.08. The molecule has 5 rings (SSSR count). The number of anilines is 2. The average molecular weight is 410 g/mol. The molecule has 31 heavy (non-hydrogen) atoms. The minimum Gasteiger partial charge on any atom is -0.384 e. The molecule has 154 valence electrons. The SMILES string of the molecule is CCc1ccc(N2C(N)=C(C#N)[C@]3(C(=O)Nc4ccccc43)C3=C2CCCC3=O)cc1. The highest BCUT2D eigenvalue weighted by atomic mass is 16.2. The molecule has 6 nitrogen and oxygen atoms in total. The van der Waals surface area contributed by atoms with Gasteiger partial charge in [0.25, 0.3) is 0 Å². The number of allylic oxidation sites excluding steroid dienone is 1. The molecule has 2 heterocycles. The Balaban J connectivity index is 1.84. The summed E-state index contributed by atoms with van der Waals surface area (Å²) >= 11 is 0. The van der Waals surface area contributed by atoms with Gasteiger partial charge in [0.1, 0.15) is 17.3 Å². The molecule has 3 N–H and O–H groups in total. The lowest BCUT2D eigenvalue weighted by Gasteiger charge is -2.43. The molecule has 1 aliphatic carbocycles. The zero-order chi connectivity index (χ0) is 21.8. The number of fused-ring (bicyclic) bond motifs is 3. The lowest BCUT2D eigenvalue weighted by molar-refractivity contribution is -0.122. The summed E-state index contributed by atoms with van der Waals surface area (Å²) in [6.45, 7) is 2.08. The Morgan fingerprint density at radius 2 is 1.87 bits per heavy atom. The largest absolute Gasteiger partial charge is 0.384 e. The number of benzene rings is 2. The number of para-hydroxylation sites is 1. The van der Waals surface area contributed by atoms with Gasteiger partial charge in [0.15, 0.2) is 5.78 Å². The maximum atomic E-state index is 13.5. The Morgan fingerprint density at radius 1 is 1.13 bits per heavy atom. The van der Waals surface area contributed by atoms with Crippen LogP contribution in [0.4, 0.5) is 11.4 Å². The van der Waals surface area contributed by atoms with Crippen LogP contribution in [0, 0.1) is 11.3 Å². The minimum atomic E-state index is -1.50. The van der Waals surface area contributed by atoms with Gasteiger partial charge in [-0.1, -0.05) is 37.3 Å². The number of nitriles is 1. The predicted octanol–water partition coefficient (Wildman–Crippen LogP) is 3.66. The third kappa shape index (κ3) is 2.43. The predicted molar refractivity (Wildman–Crippen MR) is 118 cm³/mol. The van der Waals surface area contributed by atoms with Gasteiger partial charge in [-0.05, 0) is 43.0 Å². The number of nitrogens with one attached hydrogen (secondary N) is 1. The van der Waals surface area contributed by atoms with Gasteiger partial charge in [-0.25, -0.2) is 0 Å². The zero-order valence-electron chi connectivity index (χ0n) is 17.2. The van der Waals surface area contributed by atoms with Crippen molar-refractivity contribution >= 4 is 23.1 Å². The van der Waals surface area contributed by atoms with Gasteiger partial charge in [0, 0.05) is 34.6 Å². The molecule has 2 aliphatic heterocycles. The first kappa shape index (κ1) is 19.1. The molecule has 0 saturated carbocycles. The smallest absolute Gasteiger partial charge is 0.245 e. The van der Waals surface area contributed by atoms with Crippen LogP contribution in [0.15, 0.2) is 71.2 Å². The normalized spacial score (nSPS) is 22.4. The average Bonchev–Trinajstić information content (AvgIpc) is 3.07. The van der Waals surface area contributed by atoms with Gasteiger partial charge in [0.2, 0.25) is 5.91 Å². The van der Waals surface area contributed by atoms with Gasteiger partial charge in [-0.15, -0.1) is 0 Å². The van der Waals surface area contributed by atoms with Crippen LogP contribution < -0.4 is 16.0 Å². The quantitative estimate of drug-likeness (QED) is 0.787. The molecule has 0 fully saturated rings. The van der Waals surface area contributed by atoms with Gasteiger partial charge in [0.05, 0.1) is 5.57 Å². The van der Waals surface area contributed by atoms with Crippen molar-refractivity contribution in [1.29, 1.82) is 5.26 Å². The van der Waals surface area contributed by atoms with Crippen molar-refractivity contribution in [3.8, 4) is 6.07 Å². The number of rotatable bonds is 2. The van der Waals surface area contributed by atoms with Crippen molar-refractivity contribution in [2.45, 2.75) is 38.0 Å². The fraction of sp³-hybridized carbons (Fsp3) is 0.240. The van der Waals surface area contributed by atoms with Crippen molar-refractivity contribution in [2.24, 2.45) is 5.73 Å². The first-order chi connectivity index (χ1) is 15.0. The molecule has 1 atom stereocenters. The molecular weight excluding hydrogens is 388 g/mol. The monoisotopic (exact) mass is 410 g/mol. The number of nitrogens with two attached hydrogens (primary N) is 1. The van der Waals surface area contributed by atoms with Crippen molar-refractivity contribution in [1.82, 2.24) is 0 Å². The van der Waals surface area contributed by atoms with Crippen LogP contribution in [0.1, 0.15) is 37.3 Å². The summed E-state index contributed by atoms with van der Waals surface area (Å²) in [5, 5.41) is 13.1. The maximum Gasteiger partial charge on any atom is 0.245 e. The minimum absolute atomic E-state index is 0.100. The summed E-state index contributed by atoms with van der Waals surface area (Å²) in [6.07, 6.45) is 2.53.